The van der Waals surface area contributed by atoms with E-state index < -0.39 is 0 Å². The number of allylic oxidation sites excluding steroid dienone is 3. The first kappa shape index (κ1) is 6.45. The topological polar surface area (TPSA) is 0 Å². The third-order valence-electron chi connectivity index (χ3n) is 0.744. The van der Waals surface area contributed by atoms with Gasteiger partial charge < -0.3 is 0 Å². The van der Waals surface area contributed by atoms with E-state index >= 15 is 0 Å². The molecule has 0 aliphatic rings. The van der Waals surface area contributed by atoms with Crippen LogP contribution in [-0.2, 0) is 0 Å². The van der Waals surface area contributed by atoms with Crippen LogP contribution in [0.25, 0.3) is 0 Å². The third kappa shape index (κ3) is 5.45. The molecule has 0 saturated carbocycles. The fraction of sp³-hybridized carbons (Fsp3) is 0.333. The number of hydrogen-bond acceptors (Lipinski definition) is 0. The summed E-state index contributed by atoms with van der Waals surface area (Å²) in [7, 11) is 0.134. The summed E-state index contributed by atoms with van der Waals surface area (Å²) in [5, 5.41) is 0. The molecule has 0 aromatic carbocycles. The van der Waals surface area contributed by atoms with Crippen LogP contribution in [0.4, 0.5) is 0 Å². The van der Waals surface area contributed by atoms with Crippen molar-refractivity contribution in [3.8, 4) is 0 Å². The molecule has 0 bridgehead atoms. The van der Waals surface area contributed by atoms with Crippen molar-refractivity contribution in [2.45, 2.75) is 13.7 Å². The average molecular weight is 94.0 g/mol. The highest BCUT2D eigenvalue weighted by Gasteiger charge is 1.65. The molecule has 0 unspecified atom stereocenters. The van der Waals surface area contributed by atoms with Gasteiger partial charge in [-0.15, -0.1) is 0 Å². The second-order valence-electron chi connectivity index (χ2n) is 1.48. The minimum absolute atomic E-state index is 0.134. The summed E-state index contributed by atoms with van der Waals surface area (Å²) < 4.78 is 0. The lowest BCUT2D eigenvalue weighted by Crippen LogP contribution is -1.67. The van der Waals surface area contributed by atoms with Gasteiger partial charge in [-0.25, -0.2) is 0 Å². The highest BCUT2D eigenvalue weighted by Crippen LogP contribution is 1.71. The van der Waals surface area contributed by atoms with E-state index in [1.165, 1.54) is 0 Å². The van der Waals surface area contributed by atoms with E-state index in [9.17, 15) is 0 Å². The van der Waals surface area contributed by atoms with Gasteiger partial charge in [-0.05, 0) is 13.0 Å². The summed E-state index contributed by atoms with van der Waals surface area (Å²) in [5.74, 6) is 3.16. The molecule has 7 heavy (non-hydrogen) atoms. The first-order valence-corrected chi connectivity index (χ1v) is 3.03. The second kappa shape index (κ2) is 5.45. The molecule has 0 spiro atoms. The van der Waals surface area contributed by atoms with E-state index in [0.29, 0.717) is 0 Å². The highest BCUT2D eigenvalue weighted by atomic mass is 13.5. The molecule has 0 aromatic heterocycles. The van der Waals surface area contributed by atoms with Gasteiger partial charge in [0, 0.05) is 0 Å². The molecule has 1 heteroatoms. The smallest absolute Gasteiger partial charge is 0.147 e. The standard InChI is InChI=1S/C6H11B/c1-3-4-5-6-7-2/h3-5H,7H2,1-2H3. The molecule has 0 nitrogen and oxygen atoms in total. The van der Waals surface area contributed by atoms with Crippen molar-refractivity contribution in [2.75, 3.05) is 0 Å². The molecular formula is C6H11B. The maximum Gasteiger partial charge on any atom is 0.147 e. The summed E-state index contributed by atoms with van der Waals surface area (Å²) >= 11 is 0. The molecule has 0 fully saturated rings. The van der Waals surface area contributed by atoms with Crippen LogP contribution >= 0.6 is 0 Å². The first-order valence-electron chi connectivity index (χ1n) is 3.03. The van der Waals surface area contributed by atoms with E-state index in [1.54, 1.807) is 0 Å². The fourth-order valence-corrected chi connectivity index (χ4v) is 0.359. The maximum absolute atomic E-state index is 3.16. The van der Waals surface area contributed by atoms with Crippen LogP contribution in [0, 0.1) is 5.98 Å². The molecule has 0 N–H and O–H groups in total. The van der Waals surface area contributed by atoms with Gasteiger partial charge >= 0.3 is 0 Å². The fourth-order valence-electron chi connectivity index (χ4n) is 0.359. The quantitative estimate of drug-likeness (QED) is 0.273. The lowest BCUT2D eigenvalue weighted by Gasteiger charge is -1.63. The van der Waals surface area contributed by atoms with Crippen LogP contribution < -0.4 is 0 Å². The minimum atomic E-state index is 0.134. The lowest BCUT2D eigenvalue weighted by atomic mass is 9.82. The molecule has 0 rings (SSSR count). The Morgan fingerprint density at radius 1 is 1.57 bits per heavy atom. The van der Waals surface area contributed by atoms with Gasteiger partial charge in [-0.2, -0.15) is 12.8 Å². The van der Waals surface area contributed by atoms with Crippen molar-refractivity contribution in [3.63, 3.8) is 0 Å². The van der Waals surface area contributed by atoms with Gasteiger partial charge in [0.15, 0.2) is 0 Å². The van der Waals surface area contributed by atoms with Gasteiger partial charge in [0.1, 0.15) is 13.4 Å². The molecular weight excluding hydrogens is 82.9 g/mol. The van der Waals surface area contributed by atoms with E-state index in [0.717, 1.165) is 0 Å². The van der Waals surface area contributed by atoms with Crippen LogP contribution in [0.1, 0.15) is 6.92 Å². The van der Waals surface area contributed by atoms with Gasteiger partial charge in [0.05, 0.1) is 6.08 Å². The van der Waals surface area contributed by atoms with Crippen molar-refractivity contribution in [1.29, 1.82) is 0 Å². The Bertz CT molecular complexity index is 72.2. The van der Waals surface area contributed by atoms with Crippen molar-refractivity contribution in [1.82, 2.24) is 0 Å². The Morgan fingerprint density at radius 2 is 2.29 bits per heavy atom. The molecule has 0 heterocycles. The monoisotopic (exact) mass is 94.1 g/mol. The zero-order valence-corrected chi connectivity index (χ0v) is 5.23. The van der Waals surface area contributed by atoms with Crippen LogP contribution in [0.2, 0.25) is 6.82 Å². The summed E-state index contributed by atoms with van der Waals surface area (Å²) in [6.45, 7) is 4.20. The van der Waals surface area contributed by atoms with Crippen LogP contribution in [0.15, 0.2) is 18.2 Å². The molecule has 0 aliphatic heterocycles. The van der Waals surface area contributed by atoms with Crippen molar-refractivity contribution in [2.24, 2.45) is 0 Å². The number of rotatable bonds is 2. The van der Waals surface area contributed by atoms with Gasteiger partial charge in [0.25, 0.3) is 0 Å². The van der Waals surface area contributed by atoms with Crippen LogP contribution in [0.3, 0.4) is 0 Å². The second-order valence-corrected chi connectivity index (χ2v) is 1.48. The molecule has 0 amide bonds. The zero-order valence-electron chi connectivity index (χ0n) is 5.23. The van der Waals surface area contributed by atoms with Crippen molar-refractivity contribution < 1.29 is 0 Å². The largest absolute Gasteiger partial charge is 0.180 e. The molecule has 38 valence electrons. The Kier molecular flexibility index (Phi) is 5.03. The third-order valence-corrected chi connectivity index (χ3v) is 0.744. The Morgan fingerprint density at radius 3 is 2.71 bits per heavy atom. The SMILES string of the molecule is C[BH2-][C+]=CC=CC. The van der Waals surface area contributed by atoms with E-state index in [-0.39, 0.29) is 7.28 Å². The van der Waals surface area contributed by atoms with E-state index in [1.807, 2.05) is 25.2 Å². The molecule has 0 saturated heterocycles. The van der Waals surface area contributed by atoms with Gasteiger partial charge in [-0.3, -0.25) is 0 Å². The minimum Gasteiger partial charge on any atom is -0.180 e. The van der Waals surface area contributed by atoms with Crippen molar-refractivity contribution >= 4 is 7.28 Å². The zero-order chi connectivity index (χ0) is 5.54. The average Bonchev–Trinajstić information content (AvgIpc) is 1.69. The Hall–Kier alpha value is -0.545. The molecule has 0 radical (unpaired) electrons. The predicted octanol–water partition coefficient (Wildman–Crippen LogP) is 1.10. The van der Waals surface area contributed by atoms with E-state index in [4.69, 9.17) is 0 Å². The summed E-state index contributed by atoms with van der Waals surface area (Å²) in [6, 6.07) is 0. The first-order chi connectivity index (χ1) is 3.41. The summed E-state index contributed by atoms with van der Waals surface area (Å²) in [5.41, 5.74) is 0. The maximum atomic E-state index is 3.16. The summed E-state index contributed by atoms with van der Waals surface area (Å²) in [4.78, 5) is 0. The van der Waals surface area contributed by atoms with Gasteiger partial charge in [0.2, 0.25) is 0 Å². The highest BCUT2D eigenvalue weighted by molar-refractivity contribution is 6.37. The Balaban J connectivity index is 3.09. The number of hydrogen-bond donors (Lipinski definition) is 0. The summed E-state index contributed by atoms with van der Waals surface area (Å²) in [6.07, 6.45) is 6.00. The molecule has 0 aromatic rings. The van der Waals surface area contributed by atoms with Gasteiger partial charge in [-0.1, -0.05) is 0 Å². The predicted molar refractivity (Wildman–Crippen MR) is 37.0 cm³/mol. The molecule has 0 aliphatic carbocycles. The molecule has 0 atom stereocenters. The van der Waals surface area contributed by atoms with E-state index in [2.05, 4.69) is 12.8 Å². The lowest BCUT2D eigenvalue weighted by molar-refractivity contribution is 1.73. The normalized spacial score (nSPS) is 10.6. The van der Waals surface area contributed by atoms with Crippen molar-refractivity contribution in [3.05, 3.63) is 24.2 Å². The van der Waals surface area contributed by atoms with Crippen LogP contribution in [-0.4, -0.2) is 7.28 Å². The Labute approximate surface area is 46.2 Å². The van der Waals surface area contributed by atoms with Crippen LogP contribution in [0.5, 0.6) is 0 Å².